The minimum Gasteiger partial charge on any atom is -0.389 e. The van der Waals surface area contributed by atoms with Crippen LogP contribution in [0.2, 0.25) is 0 Å². The van der Waals surface area contributed by atoms with E-state index < -0.39 is 21.1 Å². The Bertz CT molecular complexity index is 1120. The summed E-state index contributed by atoms with van der Waals surface area (Å²) in [4.78, 5) is 24.3. The molecule has 2 saturated heterocycles. The number of piperidine rings is 1. The number of aromatic nitrogens is 1. The number of likely N-dealkylation sites (tertiary alicyclic amines) is 1. The van der Waals surface area contributed by atoms with Gasteiger partial charge in [0.05, 0.1) is 24.3 Å². The number of amides is 1. The van der Waals surface area contributed by atoms with Gasteiger partial charge < -0.3 is 14.5 Å². The first-order chi connectivity index (χ1) is 16.3. The Morgan fingerprint density at radius 3 is 2.62 bits per heavy atom. The summed E-state index contributed by atoms with van der Waals surface area (Å²) in [5.74, 6) is -0.659. The van der Waals surface area contributed by atoms with Gasteiger partial charge in [-0.05, 0) is 45.1 Å². The number of oxime groups is 1. The Kier molecular flexibility index (Phi) is 7.88. The molecule has 1 amide bonds. The molecule has 0 unspecified atom stereocenters. The second-order valence-corrected chi connectivity index (χ2v) is 10.9. The zero-order valence-electron chi connectivity index (χ0n) is 18.6. The summed E-state index contributed by atoms with van der Waals surface area (Å²) < 4.78 is 46.9. The first-order valence-corrected chi connectivity index (χ1v) is 13.2. The number of thiazole rings is 1. The van der Waals surface area contributed by atoms with Crippen LogP contribution in [0, 0.1) is 5.13 Å². The van der Waals surface area contributed by atoms with Crippen LogP contribution in [-0.4, -0.2) is 75.4 Å². The van der Waals surface area contributed by atoms with Crippen molar-refractivity contribution in [3.05, 3.63) is 41.2 Å². The summed E-state index contributed by atoms with van der Waals surface area (Å²) in [6, 6.07) is 5.68. The standard InChI is InChI=1S/C21H26FN5O5S2/c1-27-9-6-15(7-10-27)26-34(29,30)17-4-2-14(3-5-17)19(25-32-16-8-11-31-13-16)20(28)24-21-23-12-18(22)33-21/h2-5,12,15-16,26H,6-11,13H2,1H3,(H,23,24,28)/b25-19+/t16-/m1/s1. The molecule has 0 aliphatic carbocycles. The van der Waals surface area contributed by atoms with Crippen molar-refractivity contribution >= 4 is 38.1 Å². The molecule has 2 aliphatic rings. The highest BCUT2D eigenvalue weighted by Gasteiger charge is 2.25. The average molecular weight is 512 g/mol. The number of hydrogen-bond acceptors (Lipinski definition) is 9. The van der Waals surface area contributed by atoms with Crippen molar-refractivity contribution in [2.45, 2.75) is 36.3 Å². The fourth-order valence-corrected chi connectivity index (χ4v) is 5.47. The average Bonchev–Trinajstić information content (AvgIpc) is 3.47. The molecule has 1 aromatic carbocycles. The lowest BCUT2D eigenvalue weighted by Crippen LogP contribution is -2.43. The van der Waals surface area contributed by atoms with Gasteiger partial charge in [0.15, 0.2) is 22.1 Å². The highest BCUT2D eigenvalue weighted by atomic mass is 32.2. The van der Waals surface area contributed by atoms with E-state index in [-0.39, 0.29) is 27.9 Å². The molecule has 0 radical (unpaired) electrons. The molecule has 10 nitrogen and oxygen atoms in total. The van der Waals surface area contributed by atoms with Crippen LogP contribution in [0.1, 0.15) is 24.8 Å². The van der Waals surface area contributed by atoms with Crippen LogP contribution in [0.3, 0.4) is 0 Å². The maximum atomic E-state index is 13.3. The predicted molar refractivity (Wildman–Crippen MR) is 125 cm³/mol. The quantitative estimate of drug-likeness (QED) is 0.409. The number of carbonyl (C=O) groups excluding carboxylic acids is 1. The Morgan fingerprint density at radius 1 is 1.26 bits per heavy atom. The second kappa shape index (κ2) is 10.9. The third-order valence-corrected chi connectivity index (χ3v) is 7.81. The predicted octanol–water partition coefficient (Wildman–Crippen LogP) is 1.80. The minimum atomic E-state index is -3.72. The van der Waals surface area contributed by atoms with E-state index >= 15 is 0 Å². The molecule has 1 atom stereocenters. The summed E-state index contributed by atoms with van der Waals surface area (Å²) in [5.41, 5.74) is 0.251. The number of carbonyl (C=O) groups is 1. The van der Waals surface area contributed by atoms with Gasteiger partial charge in [0.25, 0.3) is 5.91 Å². The van der Waals surface area contributed by atoms with Gasteiger partial charge in [-0.1, -0.05) is 28.6 Å². The van der Waals surface area contributed by atoms with Crippen molar-refractivity contribution in [2.75, 3.05) is 38.7 Å². The van der Waals surface area contributed by atoms with Gasteiger partial charge in [0, 0.05) is 18.0 Å². The lowest BCUT2D eigenvalue weighted by atomic mass is 10.1. The van der Waals surface area contributed by atoms with Gasteiger partial charge in [-0.25, -0.2) is 18.1 Å². The topological polar surface area (TPSA) is 122 Å². The van der Waals surface area contributed by atoms with E-state index in [9.17, 15) is 17.6 Å². The fourth-order valence-electron chi connectivity index (χ4n) is 3.62. The molecule has 3 heterocycles. The highest BCUT2D eigenvalue weighted by molar-refractivity contribution is 7.89. The summed E-state index contributed by atoms with van der Waals surface area (Å²) in [6.07, 6.45) is 2.82. The van der Waals surface area contributed by atoms with Crippen LogP contribution in [-0.2, 0) is 24.4 Å². The Morgan fingerprint density at radius 2 is 2.00 bits per heavy atom. The number of halogens is 1. The molecule has 2 N–H and O–H groups in total. The number of sulfonamides is 1. The number of ether oxygens (including phenoxy) is 1. The number of benzene rings is 1. The molecule has 0 bridgehead atoms. The number of nitrogens with zero attached hydrogens (tertiary/aromatic N) is 3. The molecular formula is C21H26FN5O5S2. The van der Waals surface area contributed by atoms with Gasteiger partial charge in [-0.2, -0.15) is 4.39 Å². The van der Waals surface area contributed by atoms with Crippen LogP contribution in [0.5, 0.6) is 0 Å². The van der Waals surface area contributed by atoms with Crippen molar-refractivity contribution in [1.82, 2.24) is 14.6 Å². The lowest BCUT2D eigenvalue weighted by Gasteiger charge is -2.29. The van der Waals surface area contributed by atoms with Crippen LogP contribution in [0.15, 0.2) is 40.5 Å². The lowest BCUT2D eigenvalue weighted by molar-refractivity contribution is -0.110. The van der Waals surface area contributed by atoms with Gasteiger partial charge in [-0.3, -0.25) is 10.1 Å². The Hall–Kier alpha value is -2.45. The van der Waals surface area contributed by atoms with Gasteiger partial charge in [0.2, 0.25) is 10.0 Å². The van der Waals surface area contributed by atoms with Crippen molar-refractivity contribution in [2.24, 2.45) is 5.16 Å². The molecule has 0 saturated carbocycles. The highest BCUT2D eigenvalue weighted by Crippen LogP contribution is 2.19. The SMILES string of the molecule is CN1CCC(NS(=O)(=O)c2ccc(/C(=N\O[C@@H]3CCOC3)C(=O)Nc3ncc(F)s3)cc2)CC1. The normalized spacial score (nSPS) is 20.4. The molecule has 4 rings (SSSR count). The molecule has 34 heavy (non-hydrogen) atoms. The molecule has 2 aliphatic heterocycles. The van der Waals surface area contributed by atoms with Crippen LogP contribution in [0.4, 0.5) is 9.52 Å². The molecule has 1 aromatic heterocycles. The monoisotopic (exact) mass is 511 g/mol. The number of hydrogen-bond donors (Lipinski definition) is 2. The molecule has 2 aromatic rings. The summed E-state index contributed by atoms with van der Waals surface area (Å²) in [6.45, 7) is 2.55. The maximum Gasteiger partial charge on any atom is 0.280 e. The summed E-state index contributed by atoms with van der Waals surface area (Å²) in [5, 5.41) is 6.03. The van der Waals surface area contributed by atoms with E-state index in [1.54, 1.807) is 0 Å². The third-order valence-electron chi connectivity index (χ3n) is 5.57. The molecule has 184 valence electrons. The van der Waals surface area contributed by atoms with Crippen molar-refractivity contribution in [3.63, 3.8) is 0 Å². The number of rotatable bonds is 8. The van der Waals surface area contributed by atoms with Crippen LogP contribution in [0.25, 0.3) is 0 Å². The van der Waals surface area contributed by atoms with E-state index in [1.807, 2.05) is 7.05 Å². The van der Waals surface area contributed by atoms with Gasteiger partial charge in [-0.15, -0.1) is 0 Å². The molecule has 13 heteroatoms. The maximum absolute atomic E-state index is 13.3. The zero-order chi connectivity index (χ0) is 24.1. The minimum absolute atomic E-state index is 0.0703. The van der Waals surface area contributed by atoms with Gasteiger partial charge >= 0.3 is 0 Å². The van der Waals surface area contributed by atoms with Crippen molar-refractivity contribution in [1.29, 1.82) is 0 Å². The first kappa shape index (κ1) is 24.7. The molecular weight excluding hydrogens is 485 g/mol. The summed E-state index contributed by atoms with van der Waals surface area (Å²) >= 11 is 0.678. The number of nitrogens with one attached hydrogen (secondary N) is 2. The Labute approximate surface area is 201 Å². The van der Waals surface area contributed by atoms with E-state index in [2.05, 4.69) is 25.1 Å². The molecule has 0 spiro atoms. The van der Waals surface area contributed by atoms with E-state index in [1.165, 1.54) is 24.3 Å². The Balaban J connectivity index is 1.51. The van der Waals surface area contributed by atoms with Crippen LogP contribution >= 0.6 is 11.3 Å². The molecule has 2 fully saturated rings. The largest absolute Gasteiger partial charge is 0.389 e. The zero-order valence-corrected chi connectivity index (χ0v) is 20.2. The van der Waals surface area contributed by atoms with E-state index in [0.29, 0.717) is 36.5 Å². The first-order valence-electron chi connectivity index (χ1n) is 10.9. The van der Waals surface area contributed by atoms with Crippen molar-refractivity contribution in [3.8, 4) is 0 Å². The van der Waals surface area contributed by atoms with Gasteiger partial charge in [0.1, 0.15) is 0 Å². The van der Waals surface area contributed by atoms with E-state index in [0.717, 1.165) is 32.1 Å². The second-order valence-electron chi connectivity index (χ2n) is 8.18. The van der Waals surface area contributed by atoms with E-state index in [4.69, 9.17) is 9.57 Å². The summed E-state index contributed by atoms with van der Waals surface area (Å²) in [7, 11) is -1.71. The fraction of sp³-hybridized carbons (Fsp3) is 0.476. The van der Waals surface area contributed by atoms with Crippen molar-refractivity contribution < 1.29 is 27.2 Å². The smallest absolute Gasteiger partial charge is 0.280 e. The van der Waals surface area contributed by atoms with Crippen LogP contribution < -0.4 is 10.0 Å². The third kappa shape index (κ3) is 6.36. The number of anilines is 1.